The summed E-state index contributed by atoms with van der Waals surface area (Å²) in [4.78, 5) is 22.4. The van der Waals surface area contributed by atoms with Gasteiger partial charge in [0.05, 0.1) is 28.8 Å². The van der Waals surface area contributed by atoms with Crippen molar-refractivity contribution in [2.75, 3.05) is 13.1 Å². The van der Waals surface area contributed by atoms with Gasteiger partial charge in [0.15, 0.2) is 0 Å². The van der Waals surface area contributed by atoms with Crippen LogP contribution in [0.2, 0.25) is 0 Å². The van der Waals surface area contributed by atoms with Gasteiger partial charge in [-0.15, -0.1) is 0 Å². The molecule has 4 aromatic rings. The number of rotatable bonds is 3. The van der Waals surface area contributed by atoms with Crippen LogP contribution in [0.3, 0.4) is 0 Å². The van der Waals surface area contributed by atoms with Crippen molar-refractivity contribution in [3.63, 3.8) is 0 Å². The highest BCUT2D eigenvalue weighted by atomic mass is 16.1. The quantitative estimate of drug-likeness (QED) is 0.570. The Morgan fingerprint density at radius 1 is 1.07 bits per heavy atom. The van der Waals surface area contributed by atoms with Crippen molar-refractivity contribution in [3.05, 3.63) is 63.5 Å². The molecule has 0 aliphatic carbocycles. The van der Waals surface area contributed by atoms with E-state index in [2.05, 4.69) is 28.4 Å². The summed E-state index contributed by atoms with van der Waals surface area (Å²) >= 11 is 0. The van der Waals surface area contributed by atoms with E-state index in [1.54, 1.807) is 10.5 Å². The number of nitrogens with zero attached hydrogens (tertiary/aromatic N) is 5. The third kappa shape index (κ3) is 3.19. The van der Waals surface area contributed by atoms with E-state index in [0.29, 0.717) is 23.0 Å². The Morgan fingerprint density at radius 3 is 2.63 bits per heavy atom. The first-order chi connectivity index (χ1) is 14.5. The summed E-state index contributed by atoms with van der Waals surface area (Å²) in [5, 5.41) is 8.08. The summed E-state index contributed by atoms with van der Waals surface area (Å²) in [5.74, 6) is 0.488. The summed E-state index contributed by atoms with van der Waals surface area (Å²) in [6.07, 6.45) is 6.90. The van der Waals surface area contributed by atoms with E-state index in [1.807, 2.05) is 36.8 Å². The Hall–Kier alpha value is -3.06. The number of aromatic nitrogens is 5. The number of fused-ring (bicyclic) bond motifs is 2. The highest BCUT2D eigenvalue weighted by Gasteiger charge is 2.18. The molecule has 0 unspecified atom stereocenters. The fourth-order valence-corrected chi connectivity index (χ4v) is 4.47. The fraction of sp³-hybridized carbons (Fsp3) is 0.391. The van der Waals surface area contributed by atoms with Gasteiger partial charge in [-0.05, 0) is 69.3 Å². The van der Waals surface area contributed by atoms with Gasteiger partial charge in [-0.1, -0.05) is 13.0 Å². The van der Waals surface area contributed by atoms with E-state index in [0.717, 1.165) is 54.8 Å². The third-order valence-corrected chi connectivity index (χ3v) is 6.03. The topological polar surface area (TPSA) is 76.6 Å². The number of piperidine rings is 1. The fourth-order valence-electron chi connectivity index (χ4n) is 4.47. The normalized spacial score (nSPS) is 15.3. The molecule has 0 saturated carbocycles. The molecule has 1 fully saturated rings. The molecule has 0 spiro atoms. The molecule has 30 heavy (non-hydrogen) atoms. The zero-order valence-corrected chi connectivity index (χ0v) is 17.6. The van der Waals surface area contributed by atoms with Crippen LogP contribution in [-0.2, 0) is 6.42 Å². The molecule has 0 atom stereocenters. The second-order valence-corrected chi connectivity index (χ2v) is 8.20. The van der Waals surface area contributed by atoms with Crippen LogP contribution >= 0.6 is 0 Å². The van der Waals surface area contributed by atoms with E-state index in [9.17, 15) is 4.79 Å². The van der Waals surface area contributed by atoms with Crippen molar-refractivity contribution < 1.29 is 0 Å². The maximum atomic E-state index is 13.0. The number of nitrogens with one attached hydrogen (secondary N) is 1. The Morgan fingerprint density at radius 2 is 1.87 bits per heavy atom. The van der Waals surface area contributed by atoms with Crippen LogP contribution in [0.5, 0.6) is 0 Å². The highest BCUT2D eigenvalue weighted by Crippen LogP contribution is 2.27. The van der Waals surface area contributed by atoms with Gasteiger partial charge in [0.2, 0.25) is 0 Å². The number of pyridine rings is 1. The molecule has 5 rings (SSSR count). The minimum atomic E-state index is -0.0732. The predicted molar refractivity (Wildman–Crippen MR) is 117 cm³/mol. The Kier molecular flexibility index (Phi) is 4.62. The van der Waals surface area contributed by atoms with Gasteiger partial charge in [-0.25, -0.2) is 9.50 Å². The zero-order chi connectivity index (χ0) is 20.8. The Labute approximate surface area is 174 Å². The molecule has 1 aliphatic heterocycles. The minimum Gasteiger partial charge on any atom is -0.317 e. The molecule has 0 aromatic carbocycles. The van der Waals surface area contributed by atoms with E-state index in [4.69, 9.17) is 4.98 Å². The second-order valence-electron chi connectivity index (χ2n) is 8.20. The van der Waals surface area contributed by atoms with Crippen molar-refractivity contribution in [2.24, 2.45) is 0 Å². The first-order valence-electron chi connectivity index (χ1n) is 10.6. The second kappa shape index (κ2) is 7.32. The van der Waals surface area contributed by atoms with Gasteiger partial charge in [0, 0.05) is 12.3 Å². The summed E-state index contributed by atoms with van der Waals surface area (Å²) in [6.45, 7) is 8.12. The van der Waals surface area contributed by atoms with Gasteiger partial charge in [0.1, 0.15) is 11.3 Å². The zero-order valence-electron chi connectivity index (χ0n) is 17.6. The van der Waals surface area contributed by atoms with E-state index >= 15 is 0 Å². The number of hydrogen-bond donors (Lipinski definition) is 1. The molecule has 0 radical (unpaired) electrons. The van der Waals surface area contributed by atoms with Crippen molar-refractivity contribution in [1.82, 2.24) is 29.3 Å². The average Bonchev–Trinajstić information content (AvgIpc) is 3.18. The molecule has 1 aliphatic rings. The monoisotopic (exact) mass is 402 g/mol. The molecule has 7 heteroatoms. The van der Waals surface area contributed by atoms with Crippen molar-refractivity contribution in [3.8, 4) is 11.4 Å². The summed E-state index contributed by atoms with van der Waals surface area (Å²) in [5.41, 5.74) is 7.02. The van der Waals surface area contributed by atoms with Crippen molar-refractivity contribution in [2.45, 2.75) is 46.0 Å². The van der Waals surface area contributed by atoms with Gasteiger partial charge in [-0.2, -0.15) is 5.10 Å². The largest absolute Gasteiger partial charge is 0.317 e. The van der Waals surface area contributed by atoms with Crippen LogP contribution in [-0.4, -0.2) is 37.1 Å². The van der Waals surface area contributed by atoms with E-state index in [1.165, 1.54) is 5.56 Å². The molecule has 0 amide bonds. The average molecular weight is 403 g/mol. The predicted octanol–water partition coefficient (Wildman–Crippen LogP) is 3.05. The highest BCUT2D eigenvalue weighted by molar-refractivity contribution is 5.67. The lowest BCUT2D eigenvalue weighted by molar-refractivity contribution is 0.459. The molecule has 1 N–H and O–H groups in total. The van der Waals surface area contributed by atoms with E-state index < -0.39 is 0 Å². The summed E-state index contributed by atoms with van der Waals surface area (Å²) < 4.78 is 3.53. The van der Waals surface area contributed by atoms with Crippen molar-refractivity contribution in [1.29, 1.82) is 0 Å². The molecule has 1 saturated heterocycles. The van der Waals surface area contributed by atoms with Crippen LogP contribution < -0.4 is 10.9 Å². The lowest BCUT2D eigenvalue weighted by Crippen LogP contribution is -2.27. The maximum absolute atomic E-state index is 13.0. The maximum Gasteiger partial charge on any atom is 0.258 e. The molecule has 0 bridgehead atoms. The molecular formula is C23H26N6O. The van der Waals surface area contributed by atoms with Gasteiger partial charge < -0.3 is 5.32 Å². The molecular weight excluding hydrogens is 376 g/mol. The third-order valence-electron chi connectivity index (χ3n) is 6.03. The molecule has 154 valence electrons. The lowest BCUT2D eigenvalue weighted by Gasteiger charge is -2.23. The Bertz CT molecular complexity index is 1310. The van der Waals surface area contributed by atoms with Gasteiger partial charge in [0.25, 0.3) is 5.56 Å². The number of aryl methyl sites for hydroxylation is 3. The minimum absolute atomic E-state index is 0.0732. The Balaban J connectivity index is 1.64. The first kappa shape index (κ1) is 18.9. The van der Waals surface area contributed by atoms with Gasteiger partial charge >= 0.3 is 0 Å². The lowest BCUT2D eigenvalue weighted by atomic mass is 9.90. The summed E-state index contributed by atoms with van der Waals surface area (Å²) in [6, 6.07) is 5.75. The molecule has 5 heterocycles. The van der Waals surface area contributed by atoms with Crippen LogP contribution in [0.25, 0.3) is 22.6 Å². The SMILES string of the molecule is CCc1nc(C)cn2nc(-c3cc(=O)n4cc(C5CCNCC5)cc(C)c4n3)cc12. The first-order valence-corrected chi connectivity index (χ1v) is 10.6. The molecule has 7 nitrogen and oxygen atoms in total. The van der Waals surface area contributed by atoms with Crippen LogP contribution in [0.1, 0.15) is 48.2 Å². The standard InChI is InChI=1S/C23H26N6O/c1-4-18-21-10-20(27-29(21)12-15(3)25-18)19-11-22(30)28-13-17(9-14(2)23(28)26-19)16-5-7-24-8-6-16/h9-13,16,24H,4-8H2,1-3H3. The summed E-state index contributed by atoms with van der Waals surface area (Å²) in [7, 11) is 0. The van der Waals surface area contributed by atoms with Crippen molar-refractivity contribution >= 4 is 11.2 Å². The van der Waals surface area contributed by atoms with E-state index in [-0.39, 0.29) is 5.56 Å². The van der Waals surface area contributed by atoms with Gasteiger partial charge in [-0.3, -0.25) is 14.2 Å². The van der Waals surface area contributed by atoms with Crippen LogP contribution in [0.15, 0.2) is 35.4 Å². The smallest absolute Gasteiger partial charge is 0.258 e. The van der Waals surface area contributed by atoms with Crippen LogP contribution in [0, 0.1) is 13.8 Å². The number of hydrogen-bond acceptors (Lipinski definition) is 5. The van der Waals surface area contributed by atoms with Crippen LogP contribution in [0.4, 0.5) is 0 Å². The molecule has 4 aromatic heterocycles.